The third kappa shape index (κ3) is 1.72. The summed E-state index contributed by atoms with van der Waals surface area (Å²) in [5.41, 5.74) is -0.369. The Labute approximate surface area is 63.4 Å². The van der Waals surface area contributed by atoms with Gasteiger partial charge >= 0.3 is 0 Å². The fourth-order valence-electron chi connectivity index (χ4n) is 1.82. The molecule has 0 aromatic rings. The molecule has 0 aliphatic heterocycles. The van der Waals surface area contributed by atoms with E-state index in [0.29, 0.717) is 5.92 Å². The second-order valence-electron chi connectivity index (χ2n) is 4.19. The molecule has 1 rings (SSSR count). The molecule has 0 aromatic carbocycles. The molecule has 3 atom stereocenters. The molecule has 1 N–H and O–H groups in total. The molecule has 60 valence electrons. The fourth-order valence-corrected chi connectivity index (χ4v) is 1.82. The molecule has 1 heteroatoms. The molecule has 0 radical (unpaired) electrons. The van der Waals surface area contributed by atoms with Crippen LogP contribution < -0.4 is 0 Å². The zero-order valence-corrected chi connectivity index (χ0v) is 7.22. The average molecular weight is 142 g/mol. The molecule has 1 aliphatic rings. The van der Waals surface area contributed by atoms with E-state index < -0.39 is 0 Å². The highest BCUT2D eigenvalue weighted by Gasteiger charge is 2.31. The summed E-state index contributed by atoms with van der Waals surface area (Å²) in [6, 6.07) is 0. The number of hydrogen-bond acceptors (Lipinski definition) is 1. The Morgan fingerprint density at radius 2 is 1.90 bits per heavy atom. The van der Waals surface area contributed by atoms with Crippen LogP contribution >= 0.6 is 0 Å². The van der Waals surface area contributed by atoms with E-state index in [1.54, 1.807) is 0 Å². The van der Waals surface area contributed by atoms with Crippen LogP contribution in [0.3, 0.4) is 0 Å². The van der Waals surface area contributed by atoms with Gasteiger partial charge in [0.25, 0.3) is 0 Å². The van der Waals surface area contributed by atoms with Crippen LogP contribution in [0.5, 0.6) is 0 Å². The Kier molecular flexibility index (Phi) is 2.04. The number of aliphatic hydroxyl groups is 1. The molecule has 0 aromatic heterocycles. The first-order valence-corrected chi connectivity index (χ1v) is 4.24. The van der Waals surface area contributed by atoms with Crippen LogP contribution in [-0.2, 0) is 0 Å². The van der Waals surface area contributed by atoms with E-state index in [2.05, 4.69) is 13.8 Å². The van der Waals surface area contributed by atoms with Crippen LogP contribution in [0, 0.1) is 11.8 Å². The van der Waals surface area contributed by atoms with Crippen molar-refractivity contribution in [1.82, 2.24) is 0 Å². The Balaban J connectivity index is 2.49. The van der Waals surface area contributed by atoms with Crippen LogP contribution in [0.2, 0.25) is 0 Å². The van der Waals surface area contributed by atoms with Gasteiger partial charge in [0.2, 0.25) is 0 Å². The summed E-state index contributed by atoms with van der Waals surface area (Å²) in [5, 5.41) is 9.66. The van der Waals surface area contributed by atoms with Crippen molar-refractivity contribution in [3.05, 3.63) is 0 Å². The molecule has 0 amide bonds. The van der Waals surface area contributed by atoms with Crippen molar-refractivity contribution in [1.29, 1.82) is 0 Å². The van der Waals surface area contributed by atoms with Crippen LogP contribution in [0.25, 0.3) is 0 Å². The van der Waals surface area contributed by atoms with E-state index in [0.717, 1.165) is 18.8 Å². The van der Waals surface area contributed by atoms with E-state index >= 15 is 0 Å². The predicted octanol–water partition coefficient (Wildman–Crippen LogP) is 2.19. The smallest absolute Gasteiger partial charge is 0.0622 e. The molecule has 1 nitrogen and oxygen atoms in total. The Morgan fingerprint density at radius 1 is 1.30 bits per heavy atom. The van der Waals surface area contributed by atoms with Gasteiger partial charge in [0.1, 0.15) is 0 Å². The second kappa shape index (κ2) is 2.54. The average Bonchev–Trinajstić information content (AvgIpc) is 1.79. The minimum absolute atomic E-state index is 0.369. The first kappa shape index (κ1) is 8.06. The highest BCUT2D eigenvalue weighted by atomic mass is 16.3. The molecule has 10 heavy (non-hydrogen) atoms. The van der Waals surface area contributed by atoms with Crippen LogP contribution in [0.1, 0.15) is 40.0 Å². The predicted molar refractivity (Wildman–Crippen MR) is 42.8 cm³/mol. The summed E-state index contributed by atoms with van der Waals surface area (Å²) in [6.07, 6.45) is 3.15. The molecule has 0 spiro atoms. The maximum Gasteiger partial charge on any atom is 0.0622 e. The summed E-state index contributed by atoms with van der Waals surface area (Å²) < 4.78 is 0. The van der Waals surface area contributed by atoms with Crippen LogP contribution in [0.15, 0.2) is 0 Å². The summed E-state index contributed by atoms with van der Waals surface area (Å²) in [5.74, 6) is 1.50. The number of rotatable bonds is 0. The maximum absolute atomic E-state index is 9.66. The van der Waals surface area contributed by atoms with Gasteiger partial charge in [-0.15, -0.1) is 0 Å². The topological polar surface area (TPSA) is 20.2 Å². The molecule has 0 heterocycles. The van der Waals surface area contributed by atoms with Gasteiger partial charge in [-0.05, 0) is 38.0 Å². The van der Waals surface area contributed by atoms with Crippen molar-refractivity contribution < 1.29 is 5.11 Å². The van der Waals surface area contributed by atoms with E-state index in [4.69, 9.17) is 0 Å². The normalized spacial score (nSPS) is 49.2. The molecule has 0 saturated heterocycles. The monoisotopic (exact) mass is 142 g/mol. The van der Waals surface area contributed by atoms with Gasteiger partial charge in [-0.2, -0.15) is 0 Å². The van der Waals surface area contributed by atoms with Gasteiger partial charge in [0.05, 0.1) is 5.60 Å². The molecular weight excluding hydrogens is 124 g/mol. The van der Waals surface area contributed by atoms with Crippen molar-refractivity contribution in [3.63, 3.8) is 0 Å². The van der Waals surface area contributed by atoms with Crippen LogP contribution in [0.4, 0.5) is 0 Å². The lowest BCUT2D eigenvalue weighted by molar-refractivity contribution is -0.0123. The van der Waals surface area contributed by atoms with Crippen molar-refractivity contribution in [3.8, 4) is 0 Å². The molecule has 1 saturated carbocycles. The minimum Gasteiger partial charge on any atom is -0.390 e. The van der Waals surface area contributed by atoms with E-state index in [9.17, 15) is 5.11 Å². The van der Waals surface area contributed by atoms with Crippen molar-refractivity contribution in [2.24, 2.45) is 11.8 Å². The van der Waals surface area contributed by atoms with Crippen LogP contribution in [-0.4, -0.2) is 10.7 Å². The van der Waals surface area contributed by atoms with Gasteiger partial charge in [-0.3, -0.25) is 0 Å². The van der Waals surface area contributed by atoms with Gasteiger partial charge in [-0.25, -0.2) is 0 Å². The highest BCUT2D eigenvalue weighted by Crippen LogP contribution is 2.35. The van der Waals surface area contributed by atoms with Crippen molar-refractivity contribution in [2.45, 2.75) is 45.6 Å². The first-order chi connectivity index (χ1) is 4.51. The fraction of sp³-hybridized carbons (Fsp3) is 1.00. The lowest BCUT2D eigenvalue weighted by Gasteiger charge is -2.36. The largest absolute Gasteiger partial charge is 0.390 e. The summed E-state index contributed by atoms with van der Waals surface area (Å²) in [7, 11) is 0. The molecule has 0 bridgehead atoms. The first-order valence-electron chi connectivity index (χ1n) is 4.24. The second-order valence-corrected chi connectivity index (χ2v) is 4.19. The zero-order chi connectivity index (χ0) is 7.78. The Morgan fingerprint density at radius 3 is 2.30 bits per heavy atom. The van der Waals surface area contributed by atoms with Crippen molar-refractivity contribution >= 4 is 0 Å². The van der Waals surface area contributed by atoms with E-state index in [1.807, 2.05) is 6.92 Å². The summed E-state index contributed by atoms with van der Waals surface area (Å²) in [6.45, 7) is 6.47. The molecular formula is C9H18O. The minimum atomic E-state index is -0.369. The van der Waals surface area contributed by atoms with Crippen molar-refractivity contribution in [2.75, 3.05) is 0 Å². The molecule has 1 fully saturated rings. The lowest BCUT2D eigenvalue weighted by Crippen LogP contribution is -2.34. The Bertz CT molecular complexity index is 118. The molecule has 1 aliphatic carbocycles. The van der Waals surface area contributed by atoms with E-state index in [1.165, 1.54) is 6.42 Å². The van der Waals surface area contributed by atoms with Gasteiger partial charge < -0.3 is 5.11 Å². The standard InChI is InChI=1S/C9H18O/c1-7-4-5-9(3,10)6-8(7)2/h7-8,10H,4-6H2,1-3H3. The van der Waals surface area contributed by atoms with Gasteiger partial charge in [0.15, 0.2) is 0 Å². The lowest BCUT2D eigenvalue weighted by atomic mass is 9.74. The zero-order valence-electron chi connectivity index (χ0n) is 7.22. The maximum atomic E-state index is 9.66. The SMILES string of the molecule is CC1CCC(C)(O)CC1C. The van der Waals surface area contributed by atoms with E-state index in [-0.39, 0.29) is 5.60 Å². The number of hydrogen-bond donors (Lipinski definition) is 1. The van der Waals surface area contributed by atoms with Gasteiger partial charge in [0, 0.05) is 0 Å². The summed E-state index contributed by atoms with van der Waals surface area (Å²) in [4.78, 5) is 0. The molecule has 3 unspecified atom stereocenters. The van der Waals surface area contributed by atoms with Gasteiger partial charge in [-0.1, -0.05) is 13.8 Å². The third-order valence-electron chi connectivity index (χ3n) is 2.87. The Hall–Kier alpha value is -0.0400. The quantitative estimate of drug-likeness (QED) is 0.549. The highest BCUT2D eigenvalue weighted by molar-refractivity contribution is 4.83. The third-order valence-corrected chi connectivity index (χ3v) is 2.87. The summed E-state index contributed by atoms with van der Waals surface area (Å²) >= 11 is 0.